The van der Waals surface area contributed by atoms with Crippen molar-refractivity contribution in [1.82, 2.24) is 4.90 Å². The summed E-state index contributed by atoms with van der Waals surface area (Å²) in [7, 11) is 0. The molecule has 1 aromatic carbocycles. The number of rotatable bonds is 3. The lowest BCUT2D eigenvalue weighted by atomic mass is 10.1. The van der Waals surface area contributed by atoms with Crippen LogP contribution in [-0.2, 0) is 11.3 Å². The van der Waals surface area contributed by atoms with Crippen LogP contribution in [0.25, 0.3) is 0 Å². The highest BCUT2D eigenvalue weighted by Crippen LogP contribution is 2.17. The number of morpholine rings is 1. The molecule has 16 heavy (non-hydrogen) atoms. The van der Waals surface area contributed by atoms with Crippen molar-refractivity contribution in [2.75, 3.05) is 19.8 Å². The van der Waals surface area contributed by atoms with E-state index in [0.29, 0.717) is 6.04 Å². The number of halogens is 1. The number of hydrogen-bond acceptors (Lipinski definition) is 2. The van der Waals surface area contributed by atoms with Crippen LogP contribution in [0, 0.1) is 0 Å². The summed E-state index contributed by atoms with van der Waals surface area (Å²) in [5, 5.41) is 0. The lowest BCUT2D eigenvalue weighted by Crippen LogP contribution is -2.44. The van der Waals surface area contributed by atoms with E-state index in [4.69, 9.17) is 4.74 Å². The summed E-state index contributed by atoms with van der Waals surface area (Å²) in [6.07, 6.45) is 1.16. The van der Waals surface area contributed by atoms with Gasteiger partial charge in [-0.15, -0.1) is 0 Å². The van der Waals surface area contributed by atoms with E-state index in [0.717, 1.165) is 37.2 Å². The van der Waals surface area contributed by atoms with Crippen LogP contribution in [0.1, 0.15) is 18.9 Å². The first-order chi connectivity index (χ1) is 7.79. The molecule has 0 aromatic heterocycles. The van der Waals surface area contributed by atoms with E-state index in [9.17, 15) is 0 Å². The molecular weight excluding hydrogens is 266 g/mol. The summed E-state index contributed by atoms with van der Waals surface area (Å²) in [6, 6.07) is 9.13. The van der Waals surface area contributed by atoms with Crippen molar-refractivity contribution < 1.29 is 4.74 Å². The summed E-state index contributed by atoms with van der Waals surface area (Å²) >= 11 is 3.52. The third kappa shape index (κ3) is 3.06. The maximum atomic E-state index is 5.51. The van der Waals surface area contributed by atoms with E-state index in [-0.39, 0.29) is 0 Å². The molecule has 0 amide bonds. The Hall–Kier alpha value is -0.380. The Balaban J connectivity index is 2.02. The number of ether oxygens (including phenoxy) is 1. The summed E-state index contributed by atoms with van der Waals surface area (Å²) in [6.45, 7) is 6.05. The average molecular weight is 284 g/mol. The first-order valence-electron chi connectivity index (χ1n) is 5.86. The number of nitrogens with zero attached hydrogens (tertiary/aromatic N) is 1. The molecule has 0 bridgehead atoms. The molecular formula is C13H18BrNO. The highest BCUT2D eigenvalue weighted by atomic mass is 79.9. The van der Waals surface area contributed by atoms with Gasteiger partial charge in [0.05, 0.1) is 13.2 Å². The Labute approximate surface area is 106 Å². The van der Waals surface area contributed by atoms with Crippen molar-refractivity contribution in [2.24, 2.45) is 0 Å². The van der Waals surface area contributed by atoms with Gasteiger partial charge in [0.1, 0.15) is 0 Å². The predicted molar refractivity (Wildman–Crippen MR) is 69.5 cm³/mol. The third-order valence-corrected chi connectivity index (χ3v) is 3.59. The molecule has 0 spiro atoms. The first kappa shape index (κ1) is 12.1. The second-order valence-corrected chi connectivity index (χ2v) is 5.15. The van der Waals surface area contributed by atoms with Gasteiger partial charge in [-0.3, -0.25) is 4.90 Å². The minimum atomic E-state index is 0.577. The fourth-order valence-corrected chi connectivity index (χ4v) is 2.59. The van der Waals surface area contributed by atoms with Crippen LogP contribution >= 0.6 is 15.9 Å². The smallest absolute Gasteiger partial charge is 0.0622 e. The summed E-state index contributed by atoms with van der Waals surface area (Å²) in [5.41, 5.74) is 1.37. The minimum absolute atomic E-state index is 0.577. The fourth-order valence-electron chi connectivity index (χ4n) is 2.14. The van der Waals surface area contributed by atoms with Gasteiger partial charge in [0.2, 0.25) is 0 Å². The Morgan fingerprint density at radius 3 is 3.12 bits per heavy atom. The van der Waals surface area contributed by atoms with Crippen molar-refractivity contribution in [1.29, 1.82) is 0 Å². The topological polar surface area (TPSA) is 12.5 Å². The maximum absolute atomic E-state index is 5.51. The Morgan fingerprint density at radius 2 is 2.38 bits per heavy atom. The lowest BCUT2D eigenvalue weighted by Gasteiger charge is -2.35. The molecule has 88 valence electrons. The van der Waals surface area contributed by atoms with Gasteiger partial charge in [-0.2, -0.15) is 0 Å². The molecule has 2 rings (SSSR count). The zero-order valence-electron chi connectivity index (χ0n) is 9.66. The second kappa shape index (κ2) is 5.80. The zero-order chi connectivity index (χ0) is 11.4. The molecule has 0 saturated carbocycles. The summed E-state index contributed by atoms with van der Waals surface area (Å²) in [4.78, 5) is 2.52. The van der Waals surface area contributed by atoms with Crippen LogP contribution in [0.15, 0.2) is 28.7 Å². The van der Waals surface area contributed by atoms with Crippen molar-refractivity contribution in [3.8, 4) is 0 Å². The molecule has 1 heterocycles. The van der Waals surface area contributed by atoms with Gasteiger partial charge in [0.15, 0.2) is 0 Å². The molecule has 0 radical (unpaired) electrons. The maximum Gasteiger partial charge on any atom is 0.0622 e. The third-order valence-electron chi connectivity index (χ3n) is 3.10. The van der Waals surface area contributed by atoms with Crippen LogP contribution in [-0.4, -0.2) is 30.7 Å². The SMILES string of the molecule is CCC1COCCN1Cc1cccc(Br)c1. The van der Waals surface area contributed by atoms with Gasteiger partial charge < -0.3 is 4.74 Å². The van der Waals surface area contributed by atoms with Crippen LogP contribution in [0.5, 0.6) is 0 Å². The fraction of sp³-hybridized carbons (Fsp3) is 0.538. The van der Waals surface area contributed by atoms with Crippen molar-refractivity contribution in [2.45, 2.75) is 25.9 Å². The molecule has 0 aliphatic carbocycles. The Kier molecular flexibility index (Phi) is 4.38. The monoisotopic (exact) mass is 283 g/mol. The van der Waals surface area contributed by atoms with Crippen LogP contribution in [0.4, 0.5) is 0 Å². The van der Waals surface area contributed by atoms with Crippen LogP contribution in [0.2, 0.25) is 0 Å². The molecule has 2 nitrogen and oxygen atoms in total. The van der Waals surface area contributed by atoms with Gasteiger partial charge in [0.25, 0.3) is 0 Å². The summed E-state index contributed by atoms with van der Waals surface area (Å²) < 4.78 is 6.67. The molecule has 3 heteroatoms. The van der Waals surface area contributed by atoms with Crippen molar-refractivity contribution in [3.05, 3.63) is 34.3 Å². The van der Waals surface area contributed by atoms with E-state index >= 15 is 0 Å². The lowest BCUT2D eigenvalue weighted by molar-refractivity contribution is -0.0127. The molecule has 1 aliphatic rings. The van der Waals surface area contributed by atoms with E-state index in [2.05, 4.69) is 52.0 Å². The molecule has 1 fully saturated rings. The highest BCUT2D eigenvalue weighted by molar-refractivity contribution is 9.10. The van der Waals surface area contributed by atoms with Crippen molar-refractivity contribution in [3.63, 3.8) is 0 Å². The van der Waals surface area contributed by atoms with Crippen LogP contribution in [0.3, 0.4) is 0 Å². The highest BCUT2D eigenvalue weighted by Gasteiger charge is 2.21. The van der Waals surface area contributed by atoms with Crippen LogP contribution < -0.4 is 0 Å². The first-order valence-corrected chi connectivity index (χ1v) is 6.65. The summed E-state index contributed by atoms with van der Waals surface area (Å²) in [5.74, 6) is 0. The van der Waals surface area contributed by atoms with Gasteiger partial charge in [-0.05, 0) is 24.1 Å². The molecule has 1 unspecified atom stereocenters. The zero-order valence-corrected chi connectivity index (χ0v) is 11.2. The van der Waals surface area contributed by atoms with E-state index < -0.39 is 0 Å². The second-order valence-electron chi connectivity index (χ2n) is 4.24. The number of benzene rings is 1. The minimum Gasteiger partial charge on any atom is -0.378 e. The molecule has 1 saturated heterocycles. The van der Waals surface area contributed by atoms with E-state index in [1.807, 2.05) is 0 Å². The Morgan fingerprint density at radius 1 is 1.50 bits per heavy atom. The largest absolute Gasteiger partial charge is 0.378 e. The van der Waals surface area contributed by atoms with Gasteiger partial charge in [-0.1, -0.05) is 35.0 Å². The predicted octanol–water partition coefficient (Wildman–Crippen LogP) is 3.06. The standard InChI is InChI=1S/C13H18BrNO/c1-2-13-10-16-7-6-15(13)9-11-4-3-5-12(14)8-11/h3-5,8,13H,2,6-7,9-10H2,1H3. The normalized spacial score (nSPS) is 22.2. The molecule has 1 atom stereocenters. The quantitative estimate of drug-likeness (QED) is 0.846. The Bertz CT molecular complexity index is 342. The van der Waals surface area contributed by atoms with E-state index in [1.165, 1.54) is 5.56 Å². The van der Waals surface area contributed by atoms with Crippen molar-refractivity contribution >= 4 is 15.9 Å². The molecule has 0 N–H and O–H groups in total. The van der Waals surface area contributed by atoms with E-state index in [1.54, 1.807) is 0 Å². The number of hydrogen-bond donors (Lipinski definition) is 0. The van der Waals surface area contributed by atoms with Gasteiger partial charge in [0, 0.05) is 23.6 Å². The molecule has 1 aliphatic heterocycles. The van der Waals surface area contributed by atoms with Gasteiger partial charge in [-0.25, -0.2) is 0 Å². The van der Waals surface area contributed by atoms with Gasteiger partial charge >= 0.3 is 0 Å². The molecule has 1 aromatic rings. The average Bonchev–Trinajstić information content (AvgIpc) is 2.30.